The highest BCUT2D eigenvalue weighted by molar-refractivity contribution is 5.64. The number of ether oxygens (including phenoxy) is 2. The van der Waals surface area contributed by atoms with Crippen LogP contribution >= 0.6 is 0 Å². The highest BCUT2D eigenvalue weighted by Crippen LogP contribution is 2.30. The van der Waals surface area contributed by atoms with Crippen molar-refractivity contribution in [3.8, 4) is 11.5 Å². The molecule has 7 nitrogen and oxygen atoms in total. The second-order valence-corrected chi connectivity index (χ2v) is 5.40. The predicted molar refractivity (Wildman–Crippen MR) is 93.4 cm³/mol. The maximum absolute atomic E-state index is 5.40. The Balaban J connectivity index is 1.87. The molecule has 7 heteroatoms. The second kappa shape index (κ2) is 7.16. The van der Waals surface area contributed by atoms with Crippen molar-refractivity contribution < 1.29 is 9.47 Å². The standard InChI is InChI=1S/C17H21N5O2/c1-12-18-16(21-17(19-12)22-9-5-4-6-10-22)20-14-8-7-13(23-2)11-15(14)24-3/h4-5,7-8,11H,6,9-10H2,1-3H3,(H,18,19,20,21). The predicted octanol–water partition coefficient (Wildman–Crippen LogP) is 2.71. The molecule has 0 saturated heterocycles. The van der Waals surface area contributed by atoms with Crippen LogP contribution in [0.3, 0.4) is 0 Å². The van der Waals surface area contributed by atoms with Gasteiger partial charge in [-0.05, 0) is 25.5 Å². The van der Waals surface area contributed by atoms with Gasteiger partial charge in [-0.25, -0.2) is 0 Å². The first-order valence-corrected chi connectivity index (χ1v) is 7.81. The molecule has 0 amide bonds. The average Bonchev–Trinajstić information content (AvgIpc) is 2.62. The van der Waals surface area contributed by atoms with Gasteiger partial charge in [0.15, 0.2) is 0 Å². The van der Waals surface area contributed by atoms with Crippen molar-refractivity contribution >= 4 is 17.6 Å². The van der Waals surface area contributed by atoms with Crippen LogP contribution in [0, 0.1) is 6.92 Å². The van der Waals surface area contributed by atoms with Gasteiger partial charge in [0, 0.05) is 19.2 Å². The zero-order valence-corrected chi connectivity index (χ0v) is 14.1. The van der Waals surface area contributed by atoms with Crippen LogP contribution < -0.4 is 19.7 Å². The summed E-state index contributed by atoms with van der Waals surface area (Å²) in [6.07, 6.45) is 5.30. The quantitative estimate of drug-likeness (QED) is 0.846. The molecule has 2 aromatic rings. The van der Waals surface area contributed by atoms with Gasteiger partial charge in [-0.1, -0.05) is 12.2 Å². The summed E-state index contributed by atoms with van der Waals surface area (Å²) in [6, 6.07) is 5.54. The summed E-state index contributed by atoms with van der Waals surface area (Å²) in [7, 11) is 3.24. The van der Waals surface area contributed by atoms with E-state index in [4.69, 9.17) is 9.47 Å². The van der Waals surface area contributed by atoms with Crippen molar-refractivity contribution in [2.45, 2.75) is 13.3 Å². The minimum atomic E-state index is 0.496. The summed E-state index contributed by atoms with van der Waals surface area (Å²) in [5.41, 5.74) is 0.772. The molecule has 24 heavy (non-hydrogen) atoms. The van der Waals surface area contributed by atoms with Gasteiger partial charge in [0.1, 0.15) is 17.3 Å². The van der Waals surface area contributed by atoms with E-state index in [9.17, 15) is 0 Å². The summed E-state index contributed by atoms with van der Waals surface area (Å²) in [5, 5.41) is 3.21. The van der Waals surface area contributed by atoms with Crippen LogP contribution in [0.25, 0.3) is 0 Å². The fourth-order valence-corrected chi connectivity index (χ4v) is 2.51. The maximum Gasteiger partial charge on any atom is 0.232 e. The molecule has 1 aliphatic rings. The number of hydrogen-bond acceptors (Lipinski definition) is 7. The Hall–Kier alpha value is -2.83. The van der Waals surface area contributed by atoms with Crippen LogP contribution in [-0.2, 0) is 0 Å². The van der Waals surface area contributed by atoms with Crippen molar-refractivity contribution in [3.63, 3.8) is 0 Å². The Bertz CT molecular complexity index is 748. The first-order chi connectivity index (χ1) is 11.7. The van der Waals surface area contributed by atoms with Crippen LogP contribution in [0.15, 0.2) is 30.4 Å². The van der Waals surface area contributed by atoms with Gasteiger partial charge in [0.25, 0.3) is 0 Å². The van der Waals surface area contributed by atoms with Crippen molar-refractivity contribution in [1.29, 1.82) is 0 Å². The van der Waals surface area contributed by atoms with Gasteiger partial charge in [-0.3, -0.25) is 0 Å². The SMILES string of the molecule is COc1ccc(Nc2nc(C)nc(N3CC=CCC3)n2)c(OC)c1. The minimum absolute atomic E-state index is 0.496. The van der Waals surface area contributed by atoms with E-state index in [1.807, 2.05) is 25.1 Å². The zero-order chi connectivity index (χ0) is 16.9. The molecule has 0 spiro atoms. The van der Waals surface area contributed by atoms with E-state index in [1.165, 1.54) is 0 Å². The molecule has 1 aromatic heterocycles. The fourth-order valence-electron chi connectivity index (χ4n) is 2.51. The summed E-state index contributed by atoms with van der Waals surface area (Å²) in [6.45, 7) is 3.58. The fraction of sp³-hybridized carbons (Fsp3) is 0.353. The number of aryl methyl sites for hydroxylation is 1. The van der Waals surface area contributed by atoms with Crippen molar-refractivity contribution in [3.05, 3.63) is 36.2 Å². The van der Waals surface area contributed by atoms with Crippen LogP contribution in [0.2, 0.25) is 0 Å². The van der Waals surface area contributed by atoms with E-state index in [2.05, 4.69) is 37.3 Å². The third kappa shape index (κ3) is 3.56. The molecule has 1 N–H and O–H groups in total. The number of benzene rings is 1. The van der Waals surface area contributed by atoms with Crippen LogP contribution in [0.4, 0.5) is 17.6 Å². The molecule has 0 bridgehead atoms. The van der Waals surface area contributed by atoms with E-state index in [0.29, 0.717) is 23.5 Å². The monoisotopic (exact) mass is 327 g/mol. The Morgan fingerprint density at radius 2 is 1.96 bits per heavy atom. The molecule has 1 aromatic carbocycles. The highest BCUT2D eigenvalue weighted by atomic mass is 16.5. The van der Waals surface area contributed by atoms with Gasteiger partial charge in [0.05, 0.1) is 19.9 Å². The van der Waals surface area contributed by atoms with Gasteiger partial charge in [-0.2, -0.15) is 15.0 Å². The number of aromatic nitrogens is 3. The van der Waals surface area contributed by atoms with Gasteiger partial charge < -0.3 is 19.7 Å². The molecular weight excluding hydrogens is 306 g/mol. The lowest BCUT2D eigenvalue weighted by atomic mass is 10.2. The average molecular weight is 327 g/mol. The lowest BCUT2D eigenvalue weighted by molar-refractivity contribution is 0.395. The number of rotatable bonds is 5. The molecule has 0 aliphatic carbocycles. The number of hydrogen-bond donors (Lipinski definition) is 1. The van der Waals surface area contributed by atoms with E-state index in [-0.39, 0.29) is 0 Å². The summed E-state index contributed by atoms with van der Waals surface area (Å²) < 4.78 is 10.6. The van der Waals surface area contributed by atoms with Crippen LogP contribution in [-0.4, -0.2) is 42.3 Å². The largest absolute Gasteiger partial charge is 0.497 e. The summed E-state index contributed by atoms with van der Waals surface area (Å²) in [4.78, 5) is 15.5. The first kappa shape index (κ1) is 16.0. The number of methoxy groups -OCH3 is 2. The highest BCUT2D eigenvalue weighted by Gasteiger charge is 2.14. The topological polar surface area (TPSA) is 72.4 Å². The summed E-state index contributed by atoms with van der Waals surface area (Å²) >= 11 is 0. The third-order valence-electron chi connectivity index (χ3n) is 3.73. The minimum Gasteiger partial charge on any atom is -0.497 e. The van der Waals surface area contributed by atoms with E-state index in [1.54, 1.807) is 14.2 Å². The second-order valence-electron chi connectivity index (χ2n) is 5.40. The molecular formula is C17H21N5O2. The molecule has 0 unspecified atom stereocenters. The Kier molecular flexibility index (Phi) is 4.79. The zero-order valence-electron chi connectivity index (χ0n) is 14.1. The molecule has 0 saturated carbocycles. The normalized spacial score (nSPS) is 13.7. The molecule has 126 valence electrons. The lowest BCUT2D eigenvalue weighted by Gasteiger charge is -2.23. The Morgan fingerprint density at radius 1 is 1.08 bits per heavy atom. The Labute approximate surface area is 141 Å². The Morgan fingerprint density at radius 3 is 2.67 bits per heavy atom. The van der Waals surface area contributed by atoms with Gasteiger partial charge in [-0.15, -0.1) is 0 Å². The number of nitrogens with zero attached hydrogens (tertiary/aromatic N) is 4. The third-order valence-corrected chi connectivity index (χ3v) is 3.73. The van der Waals surface area contributed by atoms with Crippen molar-refractivity contribution in [2.75, 3.05) is 37.5 Å². The first-order valence-electron chi connectivity index (χ1n) is 7.81. The summed E-state index contributed by atoms with van der Waals surface area (Å²) in [5.74, 6) is 3.24. The van der Waals surface area contributed by atoms with Crippen molar-refractivity contribution in [2.24, 2.45) is 0 Å². The lowest BCUT2D eigenvalue weighted by Crippen LogP contribution is -2.29. The molecule has 0 fully saturated rings. The van der Waals surface area contributed by atoms with Gasteiger partial charge in [0.2, 0.25) is 11.9 Å². The molecule has 1 aliphatic heterocycles. The van der Waals surface area contributed by atoms with E-state index >= 15 is 0 Å². The molecule has 3 rings (SSSR count). The smallest absolute Gasteiger partial charge is 0.232 e. The van der Waals surface area contributed by atoms with E-state index in [0.717, 1.165) is 30.9 Å². The maximum atomic E-state index is 5.40. The molecule has 0 radical (unpaired) electrons. The van der Waals surface area contributed by atoms with Crippen LogP contribution in [0.1, 0.15) is 12.2 Å². The van der Waals surface area contributed by atoms with Gasteiger partial charge >= 0.3 is 0 Å². The van der Waals surface area contributed by atoms with Crippen molar-refractivity contribution in [1.82, 2.24) is 15.0 Å². The molecule has 0 atom stereocenters. The number of nitrogens with one attached hydrogen (secondary N) is 1. The van der Waals surface area contributed by atoms with Crippen LogP contribution in [0.5, 0.6) is 11.5 Å². The molecule has 2 heterocycles. The van der Waals surface area contributed by atoms with E-state index < -0.39 is 0 Å². The number of anilines is 3.